The number of amides is 1. The molecule has 8 heteroatoms. The van der Waals surface area contributed by atoms with Crippen LogP contribution < -0.4 is 9.80 Å². The van der Waals surface area contributed by atoms with E-state index in [0.717, 1.165) is 26.7 Å². The number of thiophene rings is 1. The molecule has 0 saturated carbocycles. The predicted octanol–water partition coefficient (Wildman–Crippen LogP) is 4.60. The van der Waals surface area contributed by atoms with Crippen LogP contribution in [0.2, 0.25) is 10.0 Å². The average molecular weight is 478 g/mol. The molecule has 0 aliphatic heterocycles. The van der Waals surface area contributed by atoms with Gasteiger partial charge in [0.1, 0.15) is 4.88 Å². The SMILES string of the molecule is CC(C[NH+](C)C)N(C(=O)c1ccc(Cl)cc1Cl)c1cc(-c2ccccc2)sc1C(=O)O. The molecule has 5 nitrogen and oxygen atoms in total. The van der Waals surface area contributed by atoms with Gasteiger partial charge in [-0.1, -0.05) is 53.5 Å². The normalized spacial score (nSPS) is 12.1. The predicted molar refractivity (Wildman–Crippen MR) is 127 cm³/mol. The van der Waals surface area contributed by atoms with Crippen LogP contribution in [0.4, 0.5) is 5.69 Å². The summed E-state index contributed by atoms with van der Waals surface area (Å²) in [5.74, 6) is -1.44. The zero-order chi connectivity index (χ0) is 22.7. The summed E-state index contributed by atoms with van der Waals surface area (Å²) in [6.07, 6.45) is 0. The lowest BCUT2D eigenvalue weighted by molar-refractivity contribution is -0.858. The largest absolute Gasteiger partial charge is 0.477 e. The Bertz CT molecular complexity index is 1100. The minimum absolute atomic E-state index is 0.109. The van der Waals surface area contributed by atoms with Crippen LogP contribution in [-0.2, 0) is 0 Å². The summed E-state index contributed by atoms with van der Waals surface area (Å²) >= 11 is 13.5. The molecular weight excluding hydrogens is 455 g/mol. The third-order valence-electron chi connectivity index (χ3n) is 4.75. The number of rotatable bonds is 7. The average Bonchev–Trinajstić information content (AvgIpc) is 3.13. The second-order valence-electron chi connectivity index (χ2n) is 7.56. The highest BCUT2D eigenvalue weighted by molar-refractivity contribution is 7.18. The molecule has 2 aromatic carbocycles. The van der Waals surface area contributed by atoms with Crippen LogP contribution in [0.25, 0.3) is 10.4 Å². The maximum Gasteiger partial charge on any atom is 0.348 e. The van der Waals surface area contributed by atoms with Crippen LogP contribution >= 0.6 is 34.5 Å². The second kappa shape index (κ2) is 9.83. The monoisotopic (exact) mass is 477 g/mol. The Morgan fingerprint density at radius 1 is 1.10 bits per heavy atom. The number of aromatic carboxylic acids is 1. The molecule has 0 fully saturated rings. The smallest absolute Gasteiger partial charge is 0.348 e. The van der Waals surface area contributed by atoms with Crippen molar-refractivity contribution < 1.29 is 19.6 Å². The third-order valence-corrected chi connectivity index (χ3v) is 6.46. The van der Waals surface area contributed by atoms with Crippen molar-refractivity contribution in [3.05, 3.63) is 75.1 Å². The summed E-state index contributed by atoms with van der Waals surface area (Å²) in [5, 5.41) is 10.6. The van der Waals surface area contributed by atoms with Gasteiger partial charge in [0, 0.05) is 9.90 Å². The first-order chi connectivity index (χ1) is 14.7. The number of likely N-dealkylation sites (N-methyl/N-ethyl adjacent to an activating group) is 1. The molecule has 31 heavy (non-hydrogen) atoms. The summed E-state index contributed by atoms with van der Waals surface area (Å²) in [5.41, 5.74) is 1.53. The molecule has 0 radical (unpaired) electrons. The Morgan fingerprint density at radius 3 is 2.35 bits per heavy atom. The second-order valence-corrected chi connectivity index (χ2v) is 9.45. The van der Waals surface area contributed by atoms with Gasteiger partial charge < -0.3 is 10.0 Å². The van der Waals surface area contributed by atoms with Crippen molar-refractivity contribution in [2.45, 2.75) is 13.0 Å². The number of carboxylic acid groups (broad SMARTS) is 1. The van der Waals surface area contributed by atoms with Gasteiger partial charge >= 0.3 is 5.97 Å². The Balaban J connectivity index is 2.16. The van der Waals surface area contributed by atoms with E-state index in [1.54, 1.807) is 18.2 Å². The van der Waals surface area contributed by atoms with E-state index in [1.807, 2.05) is 51.4 Å². The van der Waals surface area contributed by atoms with Crippen molar-refractivity contribution in [3.63, 3.8) is 0 Å². The van der Waals surface area contributed by atoms with Crippen molar-refractivity contribution in [2.24, 2.45) is 0 Å². The van der Waals surface area contributed by atoms with Crippen LogP contribution in [0.1, 0.15) is 27.0 Å². The van der Waals surface area contributed by atoms with Crippen LogP contribution in [0, 0.1) is 0 Å². The Labute approximate surface area is 195 Å². The van der Waals surface area contributed by atoms with Gasteiger partial charge in [0.15, 0.2) is 0 Å². The molecule has 3 aromatic rings. The maximum atomic E-state index is 13.6. The van der Waals surface area contributed by atoms with E-state index in [-0.39, 0.29) is 27.4 Å². The van der Waals surface area contributed by atoms with Gasteiger partial charge in [0.05, 0.1) is 43.0 Å². The number of hydrogen-bond donors (Lipinski definition) is 2. The molecule has 162 valence electrons. The Morgan fingerprint density at radius 2 is 1.77 bits per heavy atom. The molecule has 2 N–H and O–H groups in total. The van der Waals surface area contributed by atoms with Crippen LogP contribution in [0.15, 0.2) is 54.6 Å². The van der Waals surface area contributed by atoms with E-state index in [0.29, 0.717) is 17.3 Å². The lowest BCUT2D eigenvalue weighted by Crippen LogP contribution is -3.07. The van der Waals surface area contributed by atoms with E-state index in [1.165, 1.54) is 11.0 Å². The highest BCUT2D eigenvalue weighted by Crippen LogP contribution is 2.38. The summed E-state index contributed by atoms with van der Waals surface area (Å²) in [6, 6.07) is 15.7. The molecule has 0 spiro atoms. The van der Waals surface area contributed by atoms with Gasteiger partial charge in [-0.3, -0.25) is 9.69 Å². The molecule has 1 aromatic heterocycles. The number of anilines is 1. The van der Waals surface area contributed by atoms with Gasteiger partial charge in [-0.2, -0.15) is 0 Å². The first kappa shape index (κ1) is 23.3. The van der Waals surface area contributed by atoms with Gasteiger partial charge in [-0.25, -0.2) is 4.79 Å². The van der Waals surface area contributed by atoms with Crippen molar-refractivity contribution in [1.82, 2.24) is 0 Å². The molecule has 1 amide bonds. The van der Waals surface area contributed by atoms with Crippen LogP contribution in [-0.4, -0.2) is 43.7 Å². The molecule has 3 rings (SSSR count). The lowest BCUT2D eigenvalue weighted by atomic mass is 10.1. The van der Waals surface area contributed by atoms with Gasteiger partial charge in [0.2, 0.25) is 0 Å². The maximum absolute atomic E-state index is 13.6. The van der Waals surface area contributed by atoms with Gasteiger partial charge in [-0.05, 0) is 36.8 Å². The molecule has 0 aliphatic carbocycles. The van der Waals surface area contributed by atoms with E-state index < -0.39 is 5.97 Å². The van der Waals surface area contributed by atoms with Crippen LogP contribution in [0.3, 0.4) is 0 Å². The van der Waals surface area contributed by atoms with Crippen molar-refractivity contribution >= 4 is 52.1 Å². The molecule has 1 heterocycles. The first-order valence-electron chi connectivity index (χ1n) is 9.69. The molecule has 0 saturated heterocycles. The number of nitrogens with zero attached hydrogens (tertiary/aromatic N) is 1. The summed E-state index contributed by atoms with van der Waals surface area (Å²) in [7, 11) is 3.96. The number of quaternary nitrogens is 1. The van der Waals surface area contributed by atoms with Crippen molar-refractivity contribution in [3.8, 4) is 10.4 Å². The Kier molecular flexibility index (Phi) is 7.38. The summed E-state index contributed by atoms with van der Waals surface area (Å²) < 4.78 is 0. The van der Waals surface area contributed by atoms with Crippen molar-refractivity contribution in [2.75, 3.05) is 25.5 Å². The zero-order valence-corrected chi connectivity index (χ0v) is 19.7. The highest BCUT2D eigenvalue weighted by Gasteiger charge is 2.32. The molecule has 1 unspecified atom stereocenters. The van der Waals surface area contributed by atoms with E-state index in [2.05, 4.69) is 0 Å². The van der Waals surface area contributed by atoms with E-state index >= 15 is 0 Å². The number of halogens is 2. The molecule has 0 bridgehead atoms. The van der Waals surface area contributed by atoms with Gasteiger partial charge in [-0.15, -0.1) is 11.3 Å². The topological polar surface area (TPSA) is 62.0 Å². The molecule has 1 atom stereocenters. The minimum atomic E-state index is -1.08. The number of carboxylic acids is 1. The van der Waals surface area contributed by atoms with Gasteiger partial charge in [0.25, 0.3) is 5.91 Å². The fourth-order valence-corrected chi connectivity index (χ4v) is 4.96. The first-order valence-corrected chi connectivity index (χ1v) is 11.3. The Hall–Kier alpha value is -2.38. The third kappa shape index (κ3) is 5.28. The number of nitrogens with one attached hydrogen (secondary N) is 1. The van der Waals surface area contributed by atoms with E-state index in [4.69, 9.17) is 23.2 Å². The lowest BCUT2D eigenvalue weighted by Gasteiger charge is -2.30. The van der Waals surface area contributed by atoms with Crippen molar-refractivity contribution in [1.29, 1.82) is 0 Å². The minimum Gasteiger partial charge on any atom is -0.477 e. The number of carbonyl (C=O) groups excluding carboxylic acids is 1. The fraction of sp³-hybridized carbons (Fsp3) is 0.217. The number of benzene rings is 2. The fourth-order valence-electron chi connectivity index (χ4n) is 3.48. The quantitative estimate of drug-likeness (QED) is 0.522. The zero-order valence-electron chi connectivity index (χ0n) is 17.4. The van der Waals surface area contributed by atoms with Crippen LogP contribution in [0.5, 0.6) is 0 Å². The molecule has 0 aliphatic rings. The summed E-state index contributed by atoms with van der Waals surface area (Å²) in [4.78, 5) is 29.3. The highest BCUT2D eigenvalue weighted by atomic mass is 35.5. The molecular formula is C23H23Cl2N2O3S+. The number of carbonyl (C=O) groups is 2. The van der Waals surface area contributed by atoms with E-state index in [9.17, 15) is 14.7 Å². The summed E-state index contributed by atoms with van der Waals surface area (Å²) in [6.45, 7) is 2.52. The number of hydrogen-bond acceptors (Lipinski definition) is 3. The standard InChI is InChI=1S/C23H22Cl2N2O3S/c1-14(13-26(2)3)27(22(28)17-10-9-16(24)11-18(17)25)19-12-20(31-21(19)23(29)30)15-7-5-4-6-8-15/h4-12,14H,13H2,1-3H3,(H,29,30)/p+1.